The summed E-state index contributed by atoms with van der Waals surface area (Å²) in [4.78, 5) is 0. The number of fused-ring (bicyclic) bond motifs is 3. The molecule has 5 atom stereocenters. The van der Waals surface area contributed by atoms with Crippen molar-refractivity contribution in [1.82, 2.24) is 10.2 Å². The monoisotopic (exact) mass is 575 g/mol. The van der Waals surface area contributed by atoms with Gasteiger partial charge in [0.1, 0.15) is 29.1 Å². The van der Waals surface area contributed by atoms with Gasteiger partial charge in [-0.05, 0) is 36.6 Å². The lowest BCUT2D eigenvalue weighted by molar-refractivity contribution is -0.128. The molecule has 0 amide bonds. The Morgan fingerprint density at radius 2 is 1.88 bits per heavy atom. The molecule has 3 aromatic rings. The number of aliphatic hydroxyl groups is 2. The number of aliphatic hydroxyl groups excluding tert-OH is 1. The fourth-order valence-corrected chi connectivity index (χ4v) is 6.25. The molecule has 0 radical (unpaired) electrons. The van der Waals surface area contributed by atoms with Crippen LogP contribution in [0.25, 0.3) is 0 Å². The van der Waals surface area contributed by atoms with Crippen LogP contribution in [0.4, 0.5) is 6.01 Å². The lowest BCUT2D eigenvalue weighted by atomic mass is 9.70. The molecule has 10 nitrogen and oxygen atoms in total. The summed E-state index contributed by atoms with van der Waals surface area (Å²) in [6.45, 7) is 8.91. The summed E-state index contributed by atoms with van der Waals surface area (Å²) in [6, 6.07) is 13.0. The summed E-state index contributed by atoms with van der Waals surface area (Å²) in [7, 11) is 4.59. The molecule has 0 unspecified atom stereocenters. The van der Waals surface area contributed by atoms with E-state index in [1.54, 1.807) is 37.5 Å². The lowest BCUT2D eigenvalue weighted by Crippen LogP contribution is -2.55. The van der Waals surface area contributed by atoms with Gasteiger partial charge in [-0.15, -0.1) is 5.10 Å². The molecule has 1 aliphatic heterocycles. The molecule has 2 aliphatic rings. The second kappa shape index (κ2) is 11.5. The summed E-state index contributed by atoms with van der Waals surface area (Å²) in [5, 5.41) is 36.9. The number of hydrogen-bond acceptors (Lipinski definition) is 10. The molecule has 1 saturated carbocycles. The van der Waals surface area contributed by atoms with Crippen molar-refractivity contribution < 1.29 is 33.6 Å². The highest BCUT2D eigenvalue weighted by atomic mass is 16.5. The van der Waals surface area contributed by atoms with E-state index in [4.69, 9.17) is 23.4 Å². The summed E-state index contributed by atoms with van der Waals surface area (Å²) in [5.41, 5.74) is -2.28. The minimum Gasteiger partial charge on any atom is -0.497 e. The van der Waals surface area contributed by atoms with Crippen molar-refractivity contribution in [3.05, 3.63) is 95.6 Å². The van der Waals surface area contributed by atoms with Gasteiger partial charge in [-0.3, -0.25) is 0 Å². The van der Waals surface area contributed by atoms with Crippen molar-refractivity contribution in [2.24, 2.45) is 0 Å². The van der Waals surface area contributed by atoms with Crippen molar-refractivity contribution >= 4 is 6.01 Å². The number of aromatic nitrogens is 2. The second-order valence-corrected chi connectivity index (χ2v) is 10.3. The largest absolute Gasteiger partial charge is 0.497 e. The van der Waals surface area contributed by atoms with Crippen LogP contribution in [0.5, 0.6) is 17.2 Å². The lowest BCUT2D eigenvalue weighted by Gasteiger charge is -2.41. The van der Waals surface area contributed by atoms with Gasteiger partial charge in [-0.1, -0.05) is 55.0 Å². The smallest absolute Gasteiger partial charge is 0.315 e. The van der Waals surface area contributed by atoms with Gasteiger partial charge in [0.15, 0.2) is 11.2 Å². The fraction of sp³-hybridized carbons (Fsp3) is 0.375. The van der Waals surface area contributed by atoms with Crippen molar-refractivity contribution in [1.29, 1.82) is 0 Å². The maximum Gasteiger partial charge on any atom is 0.315 e. The average molecular weight is 576 g/mol. The van der Waals surface area contributed by atoms with E-state index in [9.17, 15) is 10.2 Å². The normalized spacial score (nSPS) is 26.5. The van der Waals surface area contributed by atoms with Crippen LogP contribution < -0.4 is 19.5 Å². The van der Waals surface area contributed by atoms with Gasteiger partial charge in [0.2, 0.25) is 5.89 Å². The Morgan fingerprint density at radius 3 is 2.52 bits per heavy atom. The third-order valence-electron chi connectivity index (χ3n) is 8.14. The maximum atomic E-state index is 13.0. The predicted molar refractivity (Wildman–Crippen MR) is 157 cm³/mol. The number of nitrogens with one attached hydrogen (secondary N) is 1. The Labute approximate surface area is 245 Å². The molecule has 0 bridgehead atoms. The molecule has 0 saturated heterocycles. The van der Waals surface area contributed by atoms with Gasteiger partial charge in [0, 0.05) is 24.6 Å². The number of nitrogens with zero attached hydrogens (tertiary/aromatic N) is 2. The Bertz CT molecular complexity index is 1500. The van der Waals surface area contributed by atoms with Gasteiger partial charge in [-0.25, -0.2) is 0 Å². The van der Waals surface area contributed by atoms with E-state index >= 15 is 0 Å². The van der Waals surface area contributed by atoms with E-state index in [1.807, 2.05) is 44.2 Å². The number of anilines is 1. The van der Waals surface area contributed by atoms with Crippen LogP contribution in [0.3, 0.4) is 0 Å². The van der Waals surface area contributed by atoms with Crippen molar-refractivity contribution in [3.8, 4) is 17.2 Å². The molecule has 5 rings (SSSR count). The number of allylic oxidation sites excluding steroid dienone is 2. The third kappa shape index (κ3) is 4.33. The minimum atomic E-state index is -2.07. The number of ether oxygens (including phenoxy) is 4. The van der Waals surface area contributed by atoms with E-state index < -0.39 is 29.1 Å². The van der Waals surface area contributed by atoms with Crippen LogP contribution in [0.15, 0.2) is 83.0 Å². The van der Waals surface area contributed by atoms with E-state index in [0.29, 0.717) is 35.1 Å². The fourth-order valence-electron chi connectivity index (χ4n) is 6.25. The van der Waals surface area contributed by atoms with Gasteiger partial charge in [0.05, 0.1) is 32.8 Å². The molecule has 2 heterocycles. The van der Waals surface area contributed by atoms with Crippen LogP contribution >= 0.6 is 0 Å². The summed E-state index contributed by atoms with van der Waals surface area (Å²) < 4.78 is 29.6. The van der Waals surface area contributed by atoms with E-state index in [0.717, 1.165) is 12.0 Å². The highest BCUT2D eigenvalue weighted by molar-refractivity contribution is 5.65. The number of rotatable bonds is 11. The Hall–Kier alpha value is -4.28. The van der Waals surface area contributed by atoms with Crippen LogP contribution in [0, 0.1) is 0 Å². The highest BCUT2D eigenvalue weighted by Crippen LogP contribution is 2.70. The van der Waals surface area contributed by atoms with Gasteiger partial charge in [0.25, 0.3) is 0 Å². The SMILES string of the molecule is C=C(/C=C\C(=C/C)OC)[C@@]12Oc3cc(OC)cc(OC)c3[C@]1(O)[C@H](O)[C@H](c1nnc(NCCC)o1)[C@H]2c1ccccc1. The molecule has 1 fully saturated rings. The topological polar surface area (TPSA) is 128 Å². The second-order valence-electron chi connectivity index (χ2n) is 10.3. The highest BCUT2D eigenvalue weighted by Gasteiger charge is 2.78. The van der Waals surface area contributed by atoms with Gasteiger partial charge in [-0.2, -0.15) is 0 Å². The van der Waals surface area contributed by atoms with Crippen LogP contribution in [0.1, 0.15) is 49.1 Å². The third-order valence-corrected chi connectivity index (χ3v) is 8.14. The molecule has 42 heavy (non-hydrogen) atoms. The zero-order chi connectivity index (χ0) is 30.1. The van der Waals surface area contributed by atoms with Crippen LogP contribution in [-0.4, -0.2) is 60.0 Å². The molecule has 222 valence electrons. The van der Waals surface area contributed by atoms with Gasteiger partial charge >= 0.3 is 6.01 Å². The van der Waals surface area contributed by atoms with E-state index in [2.05, 4.69) is 22.1 Å². The van der Waals surface area contributed by atoms with Crippen molar-refractivity contribution in [2.75, 3.05) is 33.2 Å². The quantitative estimate of drug-likeness (QED) is 0.216. The zero-order valence-corrected chi connectivity index (χ0v) is 24.5. The van der Waals surface area contributed by atoms with Crippen molar-refractivity contribution in [3.63, 3.8) is 0 Å². The molecule has 0 spiro atoms. The standard InChI is InChI=1S/C32H37N3O7/c1-7-16-33-30-35-34-29(41-30)25-26(20-12-10-9-11-13-20)32(19(3)14-15-21(8-2)38-4)31(37,28(25)36)27-23(40-6)17-22(39-5)18-24(27)42-32/h8-15,17-18,25-26,28,36-37H,3,7,16H2,1-2,4-6H3,(H,33,35)/b15-14-,21-8+/t25-,26-,28-,31+,32+/m1/s1. The molecule has 10 heteroatoms. The first-order valence-electron chi connectivity index (χ1n) is 13.9. The van der Waals surface area contributed by atoms with Crippen LogP contribution in [0.2, 0.25) is 0 Å². The first-order chi connectivity index (χ1) is 20.3. The predicted octanol–water partition coefficient (Wildman–Crippen LogP) is 4.83. The van der Waals surface area contributed by atoms with E-state index in [1.165, 1.54) is 14.2 Å². The minimum absolute atomic E-state index is 0.151. The molecular formula is C32H37N3O7. The molecular weight excluding hydrogens is 538 g/mol. The Morgan fingerprint density at radius 1 is 1.12 bits per heavy atom. The van der Waals surface area contributed by atoms with Crippen LogP contribution in [-0.2, 0) is 10.3 Å². The summed E-state index contributed by atoms with van der Waals surface area (Å²) in [6.07, 6.45) is 4.64. The van der Waals surface area contributed by atoms with E-state index in [-0.39, 0.29) is 17.5 Å². The van der Waals surface area contributed by atoms with Gasteiger partial charge < -0.3 is 38.9 Å². The number of benzene rings is 2. The molecule has 1 aliphatic carbocycles. The number of methoxy groups -OCH3 is 3. The van der Waals surface area contributed by atoms with Crippen molar-refractivity contribution in [2.45, 2.75) is 49.4 Å². The first-order valence-corrected chi connectivity index (χ1v) is 13.9. The Kier molecular flexibility index (Phi) is 8.03. The number of hydrogen-bond donors (Lipinski definition) is 3. The summed E-state index contributed by atoms with van der Waals surface area (Å²) in [5.74, 6) is 0.158. The summed E-state index contributed by atoms with van der Waals surface area (Å²) >= 11 is 0. The maximum absolute atomic E-state index is 13.0. The molecule has 3 N–H and O–H groups in total. The molecule has 2 aromatic carbocycles. The average Bonchev–Trinajstić information content (AvgIpc) is 3.64. The molecule has 1 aromatic heterocycles. The Balaban J connectivity index is 1.80. The zero-order valence-electron chi connectivity index (χ0n) is 24.5. The first kappa shape index (κ1) is 29.2.